The summed E-state index contributed by atoms with van der Waals surface area (Å²) in [6.07, 6.45) is 3.58. The first-order valence-electron chi connectivity index (χ1n) is 6.95. The van der Waals surface area contributed by atoms with Crippen LogP contribution in [0.1, 0.15) is 0 Å². The molecule has 116 valence electrons. The number of aldehydes is 1. The van der Waals surface area contributed by atoms with Crippen molar-refractivity contribution in [2.75, 3.05) is 12.4 Å². The number of aromatic nitrogens is 2. The Hall–Kier alpha value is -2.72. The van der Waals surface area contributed by atoms with Gasteiger partial charge in [-0.3, -0.25) is 4.79 Å². The van der Waals surface area contributed by atoms with Gasteiger partial charge in [0.1, 0.15) is 6.29 Å². The Morgan fingerprint density at radius 1 is 1.22 bits per heavy atom. The highest BCUT2D eigenvalue weighted by molar-refractivity contribution is 6.28. The fraction of sp³-hybridized carbons (Fsp3) is 0.0556. The van der Waals surface area contributed by atoms with Gasteiger partial charge in [-0.1, -0.05) is 36.9 Å². The predicted molar refractivity (Wildman–Crippen MR) is 95.8 cm³/mol. The Kier molecular flexibility index (Phi) is 5.83. The van der Waals surface area contributed by atoms with Crippen LogP contribution >= 0.6 is 11.6 Å². The summed E-state index contributed by atoms with van der Waals surface area (Å²) in [5, 5.41) is 4.39. The first kappa shape index (κ1) is 16.6. The third-order valence-corrected chi connectivity index (χ3v) is 3.32. The number of benzene rings is 2. The molecule has 3 rings (SSSR count). The van der Waals surface area contributed by atoms with Gasteiger partial charge in [-0.25, -0.2) is 9.97 Å². The van der Waals surface area contributed by atoms with E-state index in [9.17, 15) is 0 Å². The second-order valence-electron chi connectivity index (χ2n) is 4.59. The molecule has 0 saturated carbocycles. The Labute approximate surface area is 139 Å². The molecule has 5 heteroatoms. The summed E-state index contributed by atoms with van der Waals surface area (Å²) in [6.45, 7) is 3.11. The number of carbonyl (C=O) groups is 1. The van der Waals surface area contributed by atoms with Crippen LogP contribution in [-0.2, 0) is 4.79 Å². The van der Waals surface area contributed by atoms with E-state index in [4.69, 9.17) is 16.4 Å². The van der Waals surface area contributed by atoms with E-state index < -0.39 is 0 Å². The van der Waals surface area contributed by atoms with Crippen molar-refractivity contribution in [3.8, 4) is 11.1 Å². The fourth-order valence-corrected chi connectivity index (χ4v) is 2.24. The van der Waals surface area contributed by atoms with Crippen LogP contribution < -0.4 is 5.32 Å². The maximum Gasteiger partial charge on any atom is 0.222 e. The van der Waals surface area contributed by atoms with Gasteiger partial charge < -0.3 is 5.32 Å². The van der Waals surface area contributed by atoms with Crippen LogP contribution in [-0.4, -0.2) is 23.3 Å². The standard InChI is InChI=1S/C15H12ClN3.C3H4O/c1-17-12-6-2-4-10(8-12)13-7-3-5-11-9-18-15(16)19-14(11)13;1-2-3-4/h2-9,17H,1H3;2-3H,1H2. The minimum atomic E-state index is 0.268. The normalized spacial score (nSPS) is 9.65. The third-order valence-electron chi connectivity index (χ3n) is 3.14. The van der Waals surface area contributed by atoms with E-state index in [1.54, 1.807) is 6.20 Å². The number of allylic oxidation sites excluding steroid dienone is 1. The van der Waals surface area contributed by atoms with Gasteiger partial charge in [-0.2, -0.15) is 0 Å². The van der Waals surface area contributed by atoms with E-state index in [1.165, 1.54) is 6.08 Å². The maximum atomic E-state index is 9.06. The van der Waals surface area contributed by atoms with Crippen molar-refractivity contribution in [3.05, 3.63) is 66.6 Å². The number of hydrogen-bond acceptors (Lipinski definition) is 4. The Morgan fingerprint density at radius 3 is 2.65 bits per heavy atom. The largest absolute Gasteiger partial charge is 0.388 e. The first-order chi connectivity index (χ1) is 11.2. The molecule has 0 bridgehead atoms. The van der Waals surface area contributed by atoms with Crippen LogP contribution in [0.2, 0.25) is 5.28 Å². The maximum absolute atomic E-state index is 9.06. The van der Waals surface area contributed by atoms with Crippen LogP contribution in [0, 0.1) is 0 Å². The highest BCUT2D eigenvalue weighted by atomic mass is 35.5. The third kappa shape index (κ3) is 4.14. The molecule has 4 nitrogen and oxygen atoms in total. The van der Waals surface area contributed by atoms with Gasteiger partial charge in [-0.15, -0.1) is 0 Å². The number of anilines is 1. The van der Waals surface area contributed by atoms with E-state index in [-0.39, 0.29) is 5.28 Å². The number of hydrogen-bond donors (Lipinski definition) is 1. The molecule has 0 fully saturated rings. The van der Waals surface area contributed by atoms with Gasteiger partial charge in [0.05, 0.1) is 5.52 Å². The molecule has 0 spiro atoms. The molecular weight excluding hydrogens is 310 g/mol. The number of rotatable bonds is 3. The molecule has 0 aliphatic heterocycles. The van der Waals surface area contributed by atoms with Crippen LogP contribution in [0.3, 0.4) is 0 Å². The minimum absolute atomic E-state index is 0.268. The molecule has 0 amide bonds. The Balaban J connectivity index is 0.000000433. The highest BCUT2D eigenvalue weighted by Crippen LogP contribution is 2.29. The van der Waals surface area contributed by atoms with Gasteiger partial charge in [-0.05, 0) is 35.4 Å². The van der Waals surface area contributed by atoms with Crippen LogP contribution in [0.25, 0.3) is 22.0 Å². The minimum Gasteiger partial charge on any atom is -0.388 e. The molecule has 0 radical (unpaired) electrons. The molecule has 0 saturated heterocycles. The molecule has 0 aliphatic rings. The number of halogens is 1. The molecule has 1 N–H and O–H groups in total. The van der Waals surface area contributed by atoms with Crippen molar-refractivity contribution in [1.29, 1.82) is 0 Å². The van der Waals surface area contributed by atoms with Crippen LogP contribution in [0.15, 0.2) is 61.3 Å². The lowest BCUT2D eigenvalue weighted by Gasteiger charge is -2.08. The van der Waals surface area contributed by atoms with Crippen molar-refractivity contribution in [2.45, 2.75) is 0 Å². The van der Waals surface area contributed by atoms with Crippen molar-refractivity contribution < 1.29 is 4.79 Å². The predicted octanol–water partition coefficient (Wildman–Crippen LogP) is 4.36. The SMILES string of the molecule is C=CC=O.CNc1cccc(-c2cccc3cnc(Cl)nc23)c1. The summed E-state index contributed by atoms with van der Waals surface area (Å²) in [7, 11) is 1.90. The lowest BCUT2D eigenvalue weighted by atomic mass is 10.0. The fourth-order valence-electron chi connectivity index (χ4n) is 2.11. The van der Waals surface area contributed by atoms with E-state index in [1.807, 2.05) is 37.4 Å². The Bertz CT molecular complexity index is 827. The van der Waals surface area contributed by atoms with Gasteiger partial charge in [0.25, 0.3) is 0 Å². The lowest BCUT2D eigenvalue weighted by Crippen LogP contribution is -1.90. The van der Waals surface area contributed by atoms with E-state index >= 15 is 0 Å². The molecule has 0 unspecified atom stereocenters. The van der Waals surface area contributed by atoms with Crippen LogP contribution in [0.4, 0.5) is 5.69 Å². The topological polar surface area (TPSA) is 54.9 Å². The summed E-state index contributed by atoms with van der Waals surface area (Å²) < 4.78 is 0. The molecular formula is C18H16ClN3O. The molecule has 23 heavy (non-hydrogen) atoms. The summed E-state index contributed by atoms with van der Waals surface area (Å²) in [4.78, 5) is 17.4. The van der Waals surface area contributed by atoms with E-state index in [0.29, 0.717) is 6.29 Å². The van der Waals surface area contributed by atoms with Gasteiger partial charge in [0.15, 0.2) is 0 Å². The highest BCUT2D eigenvalue weighted by Gasteiger charge is 2.06. The number of fused-ring (bicyclic) bond motifs is 1. The summed E-state index contributed by atoms with van der Waals surface area (Å²) in [5.41, 5.74) is 4.09. The number of nitrogens with zero attached hydrogens (tertiary/aromatic N) is 2. The zero-order valence-corrected chi connectivity index (χ0v) is 13.4. The smallest absolute Gasteiger partial charge is 0.222 e. The van der Waals surface area contributed by atoms with Crippen LogP contribution in [0.5, 0.6) is 0 Å². The number of para-hydroxylation sites is 1. The molecule has 2 aromatic carbocycles. The average Bonchev–Trinajstić information content (AvgIpc) is 2.61. The quantitative estimate of drug-likeness (QED) is 0.441. The molecule has 1 aromatic heterocycles. The zero-order valence-electron chi connectivity index (χ0n) is 12.7. The second-order valence-corrected chi connectivity index (χ2v) is 4.92. The summed E-state index contributed by atoms with van der Waals surface area (Å²) in [6, 6.07) is 14.2. The van der Waals surface area contributed by atoms with E-state index in [2.05, 4.69) is 34.0 Å². The lowest BCUT2D eigenvalue weighted by molar-refractivity contribution is -0.104. The first-order valence-corrected chi connectivity index (χ1v) is 7.33. The molecule has 1 heterocycles. The van der Waals surface area contributed by atoms with Crippen molar-refractivity contribution >= 4 is 34.5 Å². The monoisotopic (exact) mass is 325 g/mol. The van der Waals surface area contributed by atoms with Crippen molar-refractivity contribution in [3.63, 3.8) is 0 Å². The van der Waals surface area contributed by atoms with Crippen molar-refractivity contribution in [1.82, 2.24) is 9.97 Å². The zero-order chi connectivity index (χ0) is 16.7. The second kappa shape index (κ2) is 8.06. The Morgan fingerprint density at radius 2 is 1.96 bits per heavy atom. The average molecular weight is 326 g/mol. The number of nitrogens with one attached hydrogen (secondary N) is 1. The molecule has 0 atom stereocenters. The van der Waals surface area contributed by atoms with Gasteiger partial charge in [0.2, 0.25) is 5.28 Å². The van der Waals surface area contributed by atoms with Gasteiger partial charge >= 0.3 is 0 Å². The van der Waals surface area contributed by atoms with Crippen molar-refractivity contribution in [2.24, 2.45) is 0 Å². The van der Waals surface area contributed by atoms with E-state index in [0.717, 1.165) is 27.7 Å². The van der Waals surface area contributed by atoms with Gasteiger partial charge in [0, 0.05) is 29.9 Å². The summed E-state index contributed by atoms with van der Waals surface area (Å²) in [5.74, 6) is 0. The number of carbonyl (C=O) groups excluding carboxylic acids is 1. The summed E-state index contributed by atoms with van der Waals surface area (Å²) >= 11 is 5.90. The molecule has 0 aliphatic carbocycles. The molecule has 3 aromatic rings.